The number of carbonyl (C=O) groups is 2. The van der Waals surface area contributed by atoms with Crippen molar-refractivity contribution in [2.24, 2.45) is 5.92 Å². The molecule has 6 heteroatoms. The maximum atomic E-state index is 10.1. The quantitative estimate of drug-likeness (QED) is 0.444. The molecule has 0 saturated heterocycles. The Morgan fingerprint density at radius 3 is 2.00 bits per heavy atom. The van der Waals surface area contributed by atoms with Gasteiger partial charge in [0, 0.05) is 11.9 Å². The molecule has 0 aromatic rings. The number of aliphatic carboxylic acids is 2. The fourth-order valence-corrected chi connectivity index (χ4v) is 0.670. The first-order chi connectivity index (χ1) is 5.04. The first-order valence-corrected chi connectivity index (χ1v) is 3.44. The summed E-state index contributed by atoms with van der Waals surface area (Å²) >= 11 is 0. The van der Waals surface area contributed by atoms with Gasteiger partial charge in [-0.15, -0.1) is 0 Å². The molecule has 0 spiro atoms. The topological polar surface area (TPSA) is 80.3 Å². The fourth-order valence-electron chi connectivity index (χ4n) is 0.670. The predicted molar refractivity (Wildman–Crippen MR) is 33.0 cm³/mol. The van der Waals surface area contributed by atoms with E-state index in [0.29, 0.717) is 12.8 Å². The van der Waals surface area contributed by atoms with Crippen LogP contribution in [0, 0.1) is 5.92 Å². The number of rotatable bonds is 5. The van der Waals surface area contributed by atoms with Crippen LogP contribution < -0.4 is 113 Å². The minimum atomic E-state index is -1.14. The molecule has 0 bridgehead atoms. The molecule has 0 rings (SSSR count). The zero-order valence-electron chi connectivity index (χ0n) is 8.33. The molecule has 0 aliphatic heterocycles. The molecule has 13 heavy (non-hydrogen) atoms. The Hall–Kier alpha value is 2.21. The second-order valence-corrected chi connectivity index (χ2v) is 2.48. The minimum Gasteiger partial charge on any atom is -0.550 e. The van der Waals surface area contributed by atoms with Crippen LogP contribution in [0.15, 0.2) is 0 Å². The van der Waals surface area contributed by atoms with Crippen LogP contribution in [0.5, 0.6) is 0 Å². The number of hydrogen-bond donors (Lipinski definition) is 0. The van der Waals surface area contributed by atoms with Crippen LogP contribution >= 0.6 is 0 Å². The summed E-state index contributed by atoms with van der Waals surface area (Å²) in [6, 6.07) is 0. The maximum Gasteiger partial charge on any atom is 1.00 e. The smallest absolute Gasteiger partial charge is 0.550 e. The van der Waals surface area contributed by atoms with E-state index in [1.54, 1.807) is 0 Å². The third-order valence-electron chi connectivity index (χ3n) is 1.42. The van der Waals surface area contributed by atoms with Crippen molar-refractivity contribution in [2.45, 2.75) is 26.2 Å². The Morgan fingerprint density at radius 2 is 1.69 bits per heavy atom. The van der Waals surface area contributed by atoms with Crippen molar-refractivity contribution in [1.29, 1.82) is 0 Å². The van der Waals surface area contributed by atoms with E-state index >= 15 is 0 Å². The van der Waals surface area contributed by atoms with E-state index in [0.717, 1.165) is 0 Å². The molecule has 0 fully saturated rings. The molecule has 1 unspecified atom stereocenters. The van der Waals surface area contributed by atoms with Crippen molar-refractivity contribution >= 4 is 11.9 Å². The number of carboxylic acid groups (broad SMARTS) is 2. The van der Waals surface area contributed by atoms with Gasteiger partial charge in [0.05, 0.1) is 0 Å². The second kappa shape index (κ2) is 12.3. The van der Waals surface area contributed by atoms with Crippen molar-refractivity contribution in [1.82, 2.24) is 0 Å². The van der Waals surface area contributed by atoms with E-state index in [9.17, 15) is 19.8 Å². The Balaban J connectivity index is -0.000000500. The Morgan fingerprint density at radius 1 is 1.23 bits per heavy atom. The van der Waals surface area contributed by atoms with Gasteiger partial charge in [-0.1, -0.05) is 6.92 Å². The third-order valence-corrected chi connectivity index (χ3v) is 1.42. The fraction of sp³-hybridized carbons (Fsp3) is 0.714. The molecule has 4 nitrogen and oxygen atoms in total. The molecule has 0 aliphatic rings. The van der Waals surface area contributed by atoms with Crippen LogP contribution in [-0.2, 0) is 9.59 Å². The summed E-state index contributed by atoms with van der Waals surface area (Å²) in [6.07, 6.45) is 0.575. The molecular formula is C7H10K2O4. The molecular weight excluding hydrogens is 226 g/mol. The normalized spacial score (nSPS) is 10.5. The van der Waals surface area contributed by atoms with E-state index in [-0.39, 0.29) is 109 Å². The van der Waals surface area contributed by atoms with Gasteiger partial charge in [0.1, 0.15) is 0 Å². The van der Waals surface area contributed by atoms with Gasteiger partial charge in [0.15, 0.2) is 0 Å². The first kappa shape index (κ1) is 20.6. The van der Waals surface area contributed by atoms with Crippen LogP contribution in [0.3, 0.4) is 0 Å². The van der Waals surface area contributed by atoms with E-state index in [1.165, 1.54) is 6.92 Å². The van der Waals surface area contributed by atoms with Gasteiger partial charge in [-0.2, -0.15) is 0 Å². The second-order valence-electron chi connectivity index (χ2n) is 2.48. The number of hydrogen-bond acceptors (Lipinski definition) is 4. The van der Waals surface area contributed by atoms with E-state index in [1.807, 2.05) is 0 Å². The van der Waals surface area contributed by atoms with Crippen molar-refractivity contribution < 1.29 is 123 Å². The van der Waals surface area contributed by atoms with Crippen molar-refractivity contribution in [3.8, 4) is 0 Å². The molecule has 0 heterocycles. The summed E-state index contributed by atoms with van der Waals surface area (Å²) in [6.45, 7) is 1.49. The van der Waals surface area contributed by atoms with Crippen molar-refractivity contribution in [3.63, 3.8) is 0 Å². The molecule has 64 valence electrons. The molecule has 0 aliphatic carbocycles. The molecule has 1 atom stereocenters. The Kier molecular flexibility index (Phi) is 19.5. The molecule has 0 aromatic carbocycles. The number of carboxylic acids is 2. The molecule has 0 saturated carbocycles. The third kappa shape index (κ3) is 14.2. The van der Waals surface area contributed by atoms with Crippen molar-refractivity contribution in [2.75, 3.05) is 0 Å². The van der Waals surface area contributed by atoms with Crippen LogP contribution in [0.25, 0.3) is 0 Å². The van der Waals surface area contributed by atoms with Gasteiger partial charge < -0.3 is 19.8 Å². The monoisotopic (exact) mass is 236 g/mol. The summed E-state index contributed by atoms with van der Waals surface area (Å²) < 4.78 is 0. The maximum absolute atomic E-state index is 10.1. The van der Waals surface area contributed by atoms with Crippen LogP contribution in [0.4, 0.5) is 0 Å². The van der Waals surface area contributed by atoms with Gasteiger partial charge in [0.25, 0.3) is 0 Å². The average Bonchev–Trinajstić information content (AvgIpc) is 1.86. The minimum absolute atomic E-state index is 0. The van der Waals surface area contributed by atoms with E-state index < -0.39 is 17.9 Å². The summed E-state index contributed by atoms with van der Waals surface area (Å²) in [5.41, 5.74) is 0. The average molecular weight is 236 g/mol. The summed E-state index contributed by atoms with van der Waals surface area (Å²) in [7, 11) is 0. The zero-order valence-corrected chi connectivity index (χ0v) is 14.6. The molecule has 0 radical (unpaired) electrons. The summed E-state index contributed by atoms with van der Waals surface area (Å²) in [4.78, 5) is 20.0. The summed E-state index contributed by atoms with van der Waals surface area (Å²) in [5, 5.41) is 20.0. The van der Waals surface area contributed by atoms with Crippen LogP contribution in [0.2, 0.25) is 0 Å². The van der Waals surface area contributed by atoms with Crippen molar-refractivity contribution in [3.05, 3.63) is 0 Å². The Labute approximate surface area is 163 Å². The van der Waals surface area contributed by atoms with Crippen LogP contribution in [0.1, 0.15) is 26.2 Å². The largest absolute Gasteiger partial charge is 1.00 e. The predicted octanol–water partition coefficient (Wildman–Crippen LogP) is -7.70. The summed E-state index contributed by atoms with van der Waals surface area (Å²) in [5.74, 6) is -2.85. The van der Waals surface area contributed by atoms with Gasteiger partial charge >= 0.3 is 103 Å². The van der Waals surface area contributed by atoms with E-state index in [2.05, 4.69) is 0 Å². The van der Waals surface area contributed by atoms with Gasteiger partial charge in [-0.05, 0) is 25.2 Å². The van der Waals surface area contributed by atoms with Gasteiger partial charge in [0.2, 0.25) is 0 Å². The van der Waals surface area contributed by atoms with E-state index in [4.69, 9.17) is 0 Å². The number of carbonyl (C=O) groups excluding carboxylic acids is 2. The zero-order chi connectivity index (χ0) is 8.85. The SMILES string of the molecule is CC(CCCC(=O)[O-])C(=O)[O-].[K+].[K+]. The van der Waals surface area contributed by atoms with Gasteiger partial charge in [-0.3, -0.25) is 0 Å². The molecule has 0 N–H and O–H groups in total. The van der Waals surface area contributed by atoms with Gasteiger partial charge in [-0.25, -0.2) is 0 Å². The molecule has 0 amide bonds. The first-order valence-electron chi connectivity index (χ1n) is 3.44. The standard InChI is InChI=1S/C7H12O4.2K/c1-5(7(10)11)3-2-4-6(8)9;;/h5H,2-4H2,1H3,(H,8,9)(H,10,11);;/q;2*+1/p-2. The molecule has 0 aromatic heterocycles. The Bertz CT molecular complexity index is 161. The van der Waals surface area contributed by atoms with Crippen LogP contribution in [-0.4, -0.2) is 11.9 Å².